The monoisotopic (exact) mass is 378 g/mol. The molecule has 1 fully saturated rings. The number of amides is 1. The molecule has 1 N–H and O–H groups in total. The highest BCUT2D eigenvalue weighted by atomic mass is 16.5. The average Bonchev–Trinajstić information content (AvgIpc) is 2.73. The lowest BCUT2D eigenvalue weighted by Crippen LogP contribution is -2.47. The lowest BCUT2D eigenvalue weighted by atomic mass is 9.91. The minimum absolute atomic E-state index is 0.0698. The van der Waals surface area contributed by atoms with Crippen molar-refractivity contribution in [2.45, 2.75) is 44.8 Å². The van der Waals surface area contributed by atoms with Crippen molar-refractivity contribution in [3.05, 3.63) is 29.7 Å². The molecule has 0 atom stereocenters. The van der Waals surface area contributed by atoms with Crippen LogP contribution in [0.1, 0.15) is 37.1 Å². The van der Waals surface area contributed by atoms with Crippen molar-refractivity contribution >= 4 is 17.5 Å². The number of nitriles is 1. The van der Waals surface area contributed by atoms with E-state index in [-0.39, 0.29) is 18.5 Å². The van der Waals surface area contributed by atoms with Crippen molar-refractivity contribution in [2.75, 3.05) is 23.9 Å². The van der Waals surface area contributed by atoms with Crippen LogP contribution in [0.5, 0.6) is 0 Å². The fourth-order valence-corrected chi connectivity index (χ4v) is 3.99. The van der Waals surface area contributed by atoms with Gasteiger partial charge in [0.1, 0.15) is 11.8 Å². The normalized spacial score (nSPS) is 21.6. The zero-order chi connectivity index (χ0) is 19.7. The summed E-state index contributed by atoms with van der Waals surface area (Å²) in [5.41, 5.74) is 2.60. The SMILES string of the molecule is CO[C@H]1CC[C@H](N2CC(=O)Nc3ncc(-c4ccc(C#N)nc4C)nc32)CC1. The van der Waals surface area contributed by atoms with Crippen molar-refractivity contribution in [2.24, 2.45) is 0 Å². The standard InChI is InChI=1S/C20H22N6O2/c1-12-16(8-3-13(9-21)23-12)17-10-22-19-20(24-17)26(11-18(27)25-19)14-4-6-15(28-2)7-5-14/h3,8,10,14-15H,4-7,11H2,1-2H3,(H,22,25,27)/t14-,15-. The van der Waals surface area contributed by atoms with Gasteiger partial charge >= 0.3 is 0 Å². The first kappa shape index (κ1) is 18.3. The van der Waals surface area contributed by atoms with E-state index in [2.05, 4.69) is 20.2 Å². The second-order valence-electron chi connectivity index (χ2n) is 7.21. The fraction of sp³-hybridized carbons (Fsp3) is 0.450. The van der Waals surface area contributed by atoms with Gasteiger partial charge in [0.2, 0.25) is 5.91 Å². The summed E-state index contributed by atoms with van der Waals surface area (Å²) >= 11 is 0. The first-order valence-electron chi connectivity index (χ1n) is 9.43. The first-order valence-corrected chi connectivity index (χ1v) is 9.43. The molecule has 1 saturated carbocycles. The van der Waals surface area contributed by atoms with Gasteiger partial charge in [0, 0.05) is 24.4 Å². The van der Waals surface area contributed by atoms with Gasteiger partial charge in [-0.25, -0.2) is 15.0 Å². The number of methoxy groups -OCH3 is 1. The Bertz CT molecular complexity index is 946. The number of ether oxygens (including phenoxy) is 1. The number of carbonyl (C=O) groups excluding carboxylic acids is 1. The van der Waals surface area contributed by atoms with Crippen LogP contribution in [-0.2, 0) is 9.53 Å². The highest BCUT2D eigenvalue weighted by Crippen LogP contribution is 2.34. The Labute approximate surface area is 163 Å². The fourth-order valence-electron chi connectivity index (χ4n) is 3.99. The Morgan fingerprint density at radius 2 is 2.04 bits per heavy atom. The van der Waals surface area contributed by atoms with Gasteiger partial charge < -0.3 is 15.0 Å². The lowest BCUT2D eigenvalue weighted by Gasteiger charge is -2.39. The third-order valence-electron chi connectivity index (χ3n) is 5.49. The lowest BCUT2D eigenvalue weighted by molar-refractivity contribution is -0.115. The van der Waals surface area contributed by atoms with Gasteiger partial charge in [0.15, 0.2) is 11.6 Å². The molecule has 2 aromatic rings. The summed E-state index contributed by atoms with van der Waals surface area (Å²) in [4.78, 5) is 27.8. The highest BCUT2D eigenvalue weighted by molar-refractivity contribution is 5.99. The Balaban J connectivity index is 1.68. The molecule has 8 nitrogen and oxygen atoms in total. The molecule has 4 rings (SSSR count). The number of nitrogens with zero attached hydrogens (tertiary/aromatic N) is 5. The minimum Gasteiger partial charge on any atom is -0.381 e. The third-order valence-corrected chi connectivity index (χ3v) is 5.49. The molecule has 0 unspecified atom stereocenters. The van der Waals surface area contributed by atoms with Gasteiger partial charge in [-0.2, -0.15) is 5.26 Å². The van der Waals surface area contributed by atoms with Crippen LogP contribution in [0.2, 0.25) is 0 Å². The number of anilines is 2. The second-order valence-corrected chi connectivity index (χ2v) is 7.21. The van der Waals surface area contributed by atoms with E-state index < -0.39 is 0 Å². The Morgan fingerprint density at radius 1 is 1.25 bits per heavy atom. The van der Waals surface area contributed by atoms with E-state index in [1.54, 1.807) is 19.4 Å². The molecular weight excluding hydrogens is 356 g/mol. The summed E-state index contributed by atoms with van der Waals surface area (Å²) < 4.78 is 5.47. The van der Waals surface area contributed by atoms with Crippen LogP contribution in [0.4, 0.5) is 11.6 Å². The third kappa shape index (κ3) is 3.41. The molecule has 3 heterocycles. The van der Waals surface area contributed by atoms with Crippen molar-refractivity contribution in [3.8, 4) is 17.3 Å². The second kappa shape index (κ2) is 7.52. The Morgan fingerprint density at radius 3 is 2.71 bits per heavy atom. The van der Waals surface area contributed by atoms with Crippen LogP contribution < -0.4 is 10.2 Å². The van der Waals surface area contributed by atoms with Crippen LogP contribution in [0, 0.1) is 18.3 Å². The van der Waals surface area contributed by atoms with Crippen molar-refractivity contribution in [3.63, 3.8) is 0 Å². The topological polar surface area (TPSA) is 104 Å². The zero-order valence-corrected chi connectivity index (χ0v) is 16.0. The molecule has 0 spiro atoms. The number of aromatic nitrogens is 3. The summed E-state index contributed by atoms with van der Waals surface area (Å²) in [6.45, 7) is 2.13. The smallest absolute Gasteiger partial charge is 0.245 e. The van der Waals surface area contributed by atoms with Crippen molar-refractivity contribution in [1.82, 2.24) is 15.0 Å². The molecule has 144 valence electrons. The largest absolute Gasteiger partial charge is 0.381 e. The molecule has 0 bridgehead atoms. The predicted octanol–water partition coefficient (Wildman–Crippen LogP) is 2.43. The van der Waals surface area contributed by atoms with Crippen molar-refractivity contribution in [1.29, 1.82) is 5.26 Å². The van der Waals surface area contributed by atoms with Gasteiger partial charge in [-0.15, -0.1) is 0 Å². The molecule has 2 aromatic heterocycles. The van der Waals surface area contributed by atoms with Crippen LogP contribution in [-0.4, -0.2) is 46.7 Å². The molecule has 8 heteroatoms. The van der Waals surface area contributed by atoms with E-state index in [1.165, 1.54) is 0 Å². The van der Waals surface area contributed by atoms with Crippen molar-refractivity contribution < 1.29 is 9.53 Å². The molecule has 28 heavy (non-hydrogen) atoms. The molecule has 0 saturated heterocycles. The Kier molecular flexibility index (Phi) is 4.92. The summed E-state index contributed by atoms with van der Waals surface area (Å²) in [5.74, 6) is 1.12. The van der Waals surface area contributed by atoms with E-state index in [0.717, 1.165) is 36.9 Å². The molecule has 0 radical (unpaired) electrons. The van der Waals surface area contributed by atoms with Gasteiger partial charge in [0.25, 0.3) is 0 Å². The summed E-state index contributed by atoms with van der Waals surface area (Å²) in [6, 6.07) is 5.80. The Hall–Kier alpha value is -3.05. The minimum atomic E-state index is -0.0698. The summed E-state index contributed by atoms with van der Waals surface area (Å²) in [7, 11) is 1.75. The zero-order valence-electron chi connectivity index (χ0n) is 16.0. The predicted molar refractivity (Wildman–Crippen MR) is 104 cm³/mol. The van der Waals surface area contributed by atoms with Crippen LogP contribution in [0.25, 0.3) is 11.3 Å². The highest BCUT2D eigenvalue weighted by Gasteiger charge is 2.33. The van der Waals surface area contributed by atoms with Gasteiger partial charge in [-0.3, -0.25) is 4.79 Å². The molecule has 1 amide bonds. The van der Waals surface area contributed by atoms with E-state index in [9.17, 15) is 4.79 Å². The van der Waals surface area contributed by atoms with E-state index >= 15 is 0 Å². The average molecular weight is 378 g/mol. The maximum absolute atomic E-state index is 12.2. The van der Waals surface area contributed by atoms with E-state index in [0.29, 0.717) is 29.1 Å². The quantitative estimate of drug-likeness (QED) is 0.874. The number of fused-ring (bicyclic) bond motifs is 1. The number of carbonyl (C=O) groups is 1. The van der Waals surface area contributed by atoms with Crippen LogP contribution in [0.3, 0.4) is 0 Å². The maximum Gasteiger partial charge on any atom is 0.245 e. The summed E-state index contributed by atoms with van der Waals surface area (Å²) in [6.07, 6.45) is 5.78. The van der Waals surface area contributed by atoms with Gasteiger partial charge in [-0.1, -0.05) is 0 Å². The first-order chi connectivity index (χ1) is 13.6. The van der Waals surface area contributed by atoms with Gasteiger partial charge in [-0.05, 0) is 44.7 Å². The van der Waals surface area contributed by atoms with Crippen LogP contribution in [0.15, 0.2) is 18.3 Å². The number of hydrogen-bond acceptors (Lipinski definition) is 7. The van der Waals surface area contributed by atoms with E-state index in [1.807, 2.05) is 19.1 Å². The van der Waals surface area contributed by atoms with Crippen LogP contribution >= 0.6 is 0 Å². The molecule has 1 aliphatic heterocycles. The summed E-state index contributed by atoms with van der Waals surface area (Å²) in [5, 5.41) is 11.8. The van der Waals surface area contributed by atoms with Gasteiger partial charge in [0.05, 0.1) is 24.5 Å². The van der Waals surface area contributed by atoms with E-state index in [4.69, 9.17) is 15.0 Å². The molecule has 1 aliphatic carbocycles. The number of pyridine rings is 1. The number of nitrogens with one attached hydrogen (secondary N) is 1. The molecular formula is C20H22N6O2. The number of hydrogen-bond donors (Lipinski definition) is 1. The number of rotatable bonds is 3. The molecule has 2 aliphatic rings. The molecule has 0 aromatic carbocycles. The maximum atomic E-state index is 12.2. The number of aryl methyl sites for hydroxylation is 1.